The van der Waals surface area contributed by atoms with Crippen LogP contribution >= 0.6 is 27.5 Å². The molecular weight excluding hydrogens is 462 g/mol. The standard InChI is InChI=1S/C23H29BrClN5/c1-4-16(3)12-18(24)23(30-10-8-26-9-11-30)20(5-2)29-15-17-13-21-22(14-19(17)25)28-7-6-27-21/h5-7,12-14,26,29H,4,8-11,15H2,1-3H3/b16-12+,20-5+,23-18-. The highest BCUT2D eigenvalue weighted by Gasteiger charge is 2.19. The highest BCUT2D eigenvalue weighted by molar-refractivity contribution is 9.11. The Morgan fingerprint density at radius 1 is 1.23 bits per heavy atom. The van der Waals surface area contributed by atoms with Gasteiger partial charge in [-0.3, -0.25) is 9.97 Å². The van der Waals surface area contributed by atoms with Crippen LogP contribution in [0.2, 0.25) is 5.02 Å². The molecule has 2 aromatic rings. The van der Waals surface area contributed by atoms with Gasteiger partial charge in [0.05, 0.1) is 22.4 Å². The normalized spacial score (nSPS) is 16.6. The minimum atomic E-state index is 0.608. The van der Waals surface area contributed by atoms with Crippen LogP contribution in [-0.4, -0.2) is 41.0 Å². The molecule has 2 heterocycles. The van der Waals surface area contributed by atoms with Gasteiger partial charge in [0.25, 0.3) is 0 Å². The van der Waals surface area contributed by atoms with Crippen molar-refractivity contribution >= 4 is 38.6 Å². The maximum atomic E-state index is 6.53. The lowest BCUT2D eigenvalue weighted by Crippen LogP contribution is -2.44. The van der Waals surface area contributed by atoms with Gasteiger partial charge >= 0.3 is 0 Å². The largest absolute Gasteiger partial charge is 0.379 e. The summed E-state index contributed by atoms with van der Waals surface area (Å²) in [4.78, 5) is 11.2. The molecular formula is C23H29BrClN5. The Balaban J connectivity index is 1.89. The van der Waals surface area contributed by atoms with Crippen LogP contribution in [-0.2, 0) is 6.54 Å². The van der Waals surface area contributed by atoms with Crippen molar-refractivity contribution < 1.29 is 0 Å². The van der Waals surface area contributed by atoms with E-state index in [-0.39, 0.29) is 0 Å². The first-order chi connectivity index (χ1) is 14.5. The zero-order valence-electron chi connectivity index (χ0n) is 17.8. The monoisotopic (exact) mass is 489 g/mol. The van der Waals surface area contributed by atoms with E-state index in [0.29, 0.717) is 11.6 Å². The summed E-state index contributed by atoms with van der Waals surface area (Å²) in [6.45, 7) is 10.9. The third-order valence-corrected chi connectivity index (χ3v) is 6.20. The number of nitrogens with zero attached hydrogens (tertiary/aromatic N) is 3. The van der Waals surface area contributed by atoms with Crippen molar-refractivity contribution in [2.75, 3.05) is 26.2 Å². The molecule has 0 amide bonds. The quantitative estimate of drug-likeness (QED) is 0.526. The van der Waals surface area contributed by atoms with Gasteiger partial charge in [-0.25, -0.2) is 0 Å². The average Bonchev–Trinajstić information content (AvgIpc) is 2.76. The summed E-state index contributed by atoms with van der Waals surface area (Å²) in [6.07, 6.45) is 8.76. The Morgan fingerprint density at radius 2 is 1.90 bits per heavy atom. The molecule has 1 aliphatic heterocycles. The second-order valence-corrected chi connectivity index (χ2v) is 8.58. The summed E-state index contributed by atoms with van der Waals surface area (Å²) in [7, 11) is 0. The molecule has 1 aromatic carbocycles. The van der Waals surface area contributed by atoms with Gasteiger partial charge in [0.2, 0.25) is 0 Å². The smallest absolute Gasteiger partial charge is 0.0901 e. The summed E-state index contributed by atoms with van der Waals surface area (Å²) in [5.41, 5.74) is 6.26. The predicted molar refractivity (Wildman–Crippen MR) is 130 cm³/mol. The van der Waals surface area contributed by atoms with Crippen LogP contribution in [0, 0.1) is 0 Å². The summed E-state index contributed by atoms with van der Waals surface area (Å²) < 4.78 is 1.10. The first-order valence-electron chi connectivity index (χ1n) is 10.4. The van der Waals surface area contributed by atoms with Crippen molar-refractivity contribution in [2.45, 2.75) is 33.7 Å². The first kappa shape index (κ1) is 22.8. The average molecular weight is 491 g/mol. The predicted octanol–water partition coefficient (Wildman–Crippen LogP) is 5.14. The highest BCUT2D eigenvalue weighted by atomic mass is 79.9. The fourth-order valence-electron chi connectivity index (χ4n) is 3.40. The molecule has 0 unspecified atom stereocenters. The van der Waals surface area contributed by atoms with Crippen molar-refractivity contribution in [1.82, 2.24) is 25.5 Å². The van der Waals surface area contributed by atoms with Crippen LogP contribution in [0.1, 0.15) is 32.8 Å². The van der Waals surface area contributed by atoms with Crippen LogP contribution in [0.25, 0.3) is 11.0 Å². The molecule has 2 N–H and O–H groups in total. The molecule has 1 fully saturated rings. The number of aromatic nitrogens is 2. The van der Waals surface area contributed by atoms with Crippen LogP contribution < -0.4 is 10.6 Å². The molecule has 30 heavy (non-hydrogen) atoms. The maximum Gasteiger partial charge on any atom is 0.0901 e. The van der Waals surface area contributed by atoms with E-state index < -0.39 is 0 Å². The van der Waals surface area contributed by atoms with E-state index in [2.05, 4.69) is 74.4 Å². The minimum Gasteiger partial charge on any atom is -0.379 e. The van der Waals surface area contributed by atoms with E-state index in [1.54, 1.807) is 12.4 Å². The number of halogens is 2. The molecule has 1 saturated heterocycles. The second kappa shape index (κ2) is 10.9. The maximum absolute atomic E-state index is 6.53. The van der Waals surface area contributed by atoms with Crippen LogP contribution in [0.4, 0.5) is 0 Å². The molecule has 0 atom stereocenters. The van der Waals surface area contributed by atoms with Gasteiger partial charge in [-0.15, -0.1) is 0 Å². The van der Waals surface area contributed by atoms with E-state index >= 15 is 0 Å². The molecule has 3 rings (SSSR count). The Kier molecular flexibility index (Phi) is 8.31. The van der Waals surface area contributed by atoms with E-state index in [0.717, 1.165) is 59.4 Å². The van der Waals surface area contributed by atoms with Gasteiger partial charge in [-0.2, -0.15) is 0 Å². The van der Waals surface area contributed by atoms with Crippen molar-refractivity contribution in [3.8, 4) is 0 Å². The van der Waals surface area contributed by atoms with Gasteiger partial charge in [-0.1, -0.05) is 30.2 Å². The number of piperazine rings is 1. The van der Waals surface area contributed by atoms with Crippen molar-refractivity contribution in [1.29, 1.82) is 0 Å². The van der Waals surface area contributed by atoms with Gasteiger partial charge in [0.1, 0.15) is 0 Å². The topological polar surface area (TPSA) is 53.1 Å². The zero-order valence-corrected chi connectivity index (χ0v) is 20.1. The Hall–Kier alpha value is -1.89. The molecule has 0 radical (unpaired) electrons. The summed E-state index contributed by atoms with van der Waals surface area (Å²) >= 11 is 10.4. The highest BCUT2D eigenvalue weighted by Crippen LogP contribution is 2.27. The minimum absolute atomic E-state index is 0.608. The van der Waals surface area contributed by atoms with Gasteiger partial charge in [-0.05, 0) is 60.0 Å². The number of rotatable bonds is 7. The number of allylic oxidation sites excluding steroid dienone is 4. The Morgan fingerprint density at radius 3 is 2.53 bits per heavy atom. The van der Waals surface area contributed by atoms with E-state index in [4.69, 9.17) is 11.6 Å². The second-order valence-electron chi connectivity index (χ2n) is 7.32. The lowest BCUT2D eigenvalue weighted by atomic mass is 10.1. The molecule has 1 aromatic heterocycles. The molecule has 160 valence electrons. The van der Waals surface area contributed by atoms with Crippen LogP contribution in [0.3, 0.4) is 0 Å². The summed E-state index contributed by atoms with van der Waals surface area (Å²) in [5, 5.41) is 7.74. The molecule has 0 spiro atoms. The van der Waals surface area contributed by atoms with Crippen LogP contribution in [0.15, 0.2) is 58.1 Å². The fourth-order valence-corrected chi connectivity index (χ4v) is 4.48. The van der Waals surface area contributed by atoms with Gasteiger partial charge < -0.3 is 15.5 Å². The zero-order chi connectivity index (χ0) is 21.5. The van der Waals surface area contributed by atoms with Crippen molar-refractivity contribution in [3.63, 3.8) is 0 Å². The van der Waals surface area contributed by atoms with Crippen LogP contribution in [0.5, 0.6) is 0 Å². The number of nitrogens with one attached hydrogen (secondary N) is 2. The van der Waals surface area contributed by atoms with Gasteiger partial charge in [0.15, 0.2) is 0 Å². The molecule has 0 bridgehead atoms. The van der Waals surface area contributed by atoms with Crippen molar-refractivity contribution in [3.05, 3.63) is 68.7 Å². The lowest BCUT2D eigenvalue weighted by molar-refractivity contribution is 0.300. The van der Waals surface area contributed by atoms with Crippen molar-refractivity contribution in [2.24, 2.45) is 0 Å². The molecule has 1 aliphatic rings. The third-order valence-electron chi connectivity index (χ3n) is 5.24. The van der Waals surface area contributed by atoms with E-state index in [9.17, 15) is 0 Å². The fraction of sp³-hybridized carbons (Fsp3) is 0.391. The third kappa shape index (κ3) is 5.62. The number of benzene rings is 1. The molecule has 7 heteroatoms. The summed E-state index contributed by atoms with van der Waals surface area (Å²) in [5.74, 6) is 0. The lowest BCUT2D eigenvalue weighted by Gasteiger charge is -2.34. The van der Waals surface area contributed by atoms with Gasteiger partial charge in [0, 0.05) is 54.6 Å². The number of hydrogen-bond acceptors (Lipinski definition) is 5. The SMILES string of the molecule is C\C=C(NCc1cc2nccnc2cc1Cl)/C(=C(Br)\C=C(/C)CC)N1CCNCC1. The van der Waals surface area contributed by atoms with E-state index in [1.807, 2.05) is 12.1 Å². The molecule has 0 saturated carbocycles. The molecule has 0 aliphatic carbocycles. The Labute approximate surface area is 192 Å². The van der Waals surface area contributed by atoms with E-state index in [1.165, 1.54) is 11.3 Å². The number of fused-ring (bicyclic) bond motifs is 1. The summed E-state index contributed by atoms with van der Waals surface area (Å²) in [6, 6.07) is 3.89. The molecule has 5 nitrogen and oxygen atoms in total. The number of hydrogen-bond donors (Lipinski definition) is 2. The Bertz CT molecular complexity index is 977. The first-order valence-corrected chi connectivity index (χ1v) is 11.5.